The summed E-state index contributed by atoms with van der Waals surface area (Å²) in [5.74, 6) is -1.24. The van der Waals surface area contributed by atoms with Crippen LogP contribution in [0.3, 0.4) is 0 Å². The van der Waals surface area contributed by atoms with E-state index in [1.54, 1.807) is 18.3 Å². The van der Waals surface area contributed by atoms with E-state index in [0.29, 0.717) is 23.3 Å². The van der Waals surface area contributed by atoms with Gasteiger partial charge >= 0.3 is 0 Å². The minimum atomic E-state index is -2.54. The van der Waals surface area contributed by atoms with Crippen molar-refractivity contribution in [3.63, 3.8) is 0 Å². The molecule has 2 heterocycles. The number of rotatable bonds is 5. The van der Waals surface area contributed by atoms with Gasteiger partial charge in [0.05, 0.1) is 6.67 Å². The highest BCUT2D eigenvalue weighted by atomic mass is 19.3. The van der Waals surface area contributed by atoms with Crippen LogP contribution in [0, 0.1) is 0 Å². The molecule has 0 atom stereocenters. The van der Waals surface area contributed by atoms with Crippen molar-refractivity contribution in [1.82, 2.24) is 20.2 Å². The fraction of sp³-hybridized carbons (Fsp3) is 0.417. The average molecular weight is 295 g/mol. The van der Waals surface area contributed by atoms with Gasteiger partial charge < -0.3 is 16.4 Å². The summed E-state index contributed by atoms with van der Waals surface area (Å²) in [5.41, 5.74) is 6.06. The fourth-order valence-electron chi connectivity index (χ4n) is 2.23. The van der Waals surface area contributed by atoms with E-state index in [1.807, 2.05) is 0 Å². The maximum absolute atomic E-state index is 12.9. The van der Waals surface area contributed by atoms with Crippen molar-refractivity contribution >= 4 is 17.6 Å². The van der Waals surface area contributed by atoms with Gasteiger partial charge in [0, 0.05) is 36.7 Å². The fourth-order valence-corrected chi connectivity index (χ4v) is 2.23. The van der Waals surface area contributed by atoms with E-state index in [1.165, 1.54) is 0 Å². The van der Waals surface area contributed by atoms with Crippen LogP contribution in [0.15, 0.2) is 18.3 Å². The molecule has 0 unspecified atom stereocenters. The molecule has 1 saturated carbocycles. The van der Waals surface area contributed by atoms with Crippen LogP contribution in [0.2, 0.25) is 0 Å². The van der Waals surface area contributed by atoms with Gasteiger partial charge in [0.15, 0.2) is 5.82 Å². The summed E-state index contributed by atoms with van der Waals surface area (Å²) in [6, 6.07) is 3.39. The van der Waals surface area contributed by atoms with Crippen LogP contribution < -0.4 is 16.4 Å². The Morgan fingerprint density at radius 1 is 1.38 bits per heavy atom. The topological polar surface area (TPSA) is 105 Å². The van der Waals surface area contributed by atoms with Crippen LogP contribution in [-0.2, 0) is 0 Å². The van der Waals surface area contributed by atoms with Crippen LogP contribution in [0.4, 0.5) is 26.4 Å². The number of nitrogens with one attached hydrogen (secondary N) is 3. The Labute approximate surface area is 119 Å². The highest BCUT2D eigenvalue weighted by molar-refractivity contribution is 5.53. The van der Waals surface area contributed by atoms with Crippen molar-refractivity contribution in [2.75, 3.05) is 17.3 Å². The maximum atomic E-state index is 12.9. The van der Waals surface area contributed by atoms with Gasteiger partial charge in [-0.25, -0.2) is 13.8 Å². The van der Waals surface area contributed by atoms with E-state index in [4.69, 9.17) is 5.73 Å². The molecular weight excluding hydrogens is 280 g/mol. The molecule has 2 aromatic heterocycles. The summed E-state index contributed by atoms with van der Waals surface area (Å²) < 4.78 is 25.7. The van der Waals surface area contributed by atoms with Gasteiger partial charge in [-0.1, -0.05) is 0 Å². The number of H-pyrrole nitrogens is 1. The summed E-state index contributed by atoms with van der Waals surface area (Å²) in [5, 5.41) is 12.6. The van der Waals surface area contributed by atoms with Gasteiger partial charge in [-0.3, -0.25) is 5.10 Å². The van der Waals surface area contributed by atoms with Crippen LogP contribution in [0.1, 0.15) is 24.5 Å². The molecule has 0 radical (unpaired) electrons. The van der Waals surface area contributed by atoms with Crippen LogP contribution in [-0.4, -0.2) is 32.8 Å². The highest BCUT2D eigenvalue weighted by Gasteiger charge is 2.46. The lowest BCUT2D eigenvalue weighted by Gasteiger charge is -2.33. The van der Waals surface area contributed by atoms with Gasteiger partial charge in [0.2, 0.25) is 11.9 Å². The molecule has 0 bridgehead atoms. The van der Waals surface area contributed by atoms with E-state index in [9.17, 15) is 8.78 Å². The van der Waals surface area contributed by atoms with Gasteiger partial charge in [0.1, 0.15) is 5.82 Å². The van der Waals surface area contributed by atoms with Gasteiger partial charge in [-0.2, -0.15) is 10.1 Å². The number of aromatic nitrogens is 4. The van der Waals surface area contributed by atoms with E-state index in [0.717, 1.165) is 0 Å². The Bertz CT molecular complexity index is 620. The first kappa shape index (κ1) is 13.7. The first-order valence-electron chi connectivity index (χ1n) is 6.53. The monoisotopic (exact) mass is 295 g/mol. The van der Waals surface area contributed by atoms with Crippen LogP contribution >= 0.6 is 0 Å². The summed E-state index contributed by atoms with van der Waals surface area (Å²) in [6.07, 6.45) is 1.31. The molecule has 0 aliphatic heterocycles. The normalized spacial score (nSPS) is 17.3. The van der Waals surface area contributed by atoms with Gasteiger partial charge in [0.25, 0.3) is 0 Å². The summed E-state index contributed by atoms with van der Waals surface area (Å²) >= 11 is 0. The Kier molecular flexibility index (Phi) is 3.42. The number of halogens is 2. The lowest BCUT2D eigenvalue weighted by atomic mass is 9.79. The molecule has 1 fully saturated rings. The number of hydrogen-bond donors (Lipinski definition) is 4. The Balaban J connectivity index is 1.66. The van der Waals surface area contributed by atoms with Crippen molar-refractivity contribution < 1.29 is 8.78 Å². The zero-order valence-corrected chi connectivity index (χ0v) is 11.1. The summed E-state index contributed by atoms with van der Waals surface area (Å²) in [6.45, 7) is 0.228. The van der Waals surface area contributed by atoms with E-state index >= 15 is 0 Å². The molecular formula is C12H15F2N7. The van der Waals surface area contributed by atoms with Crippen LogP contribution in [0.5, 0.6) is 0 Å². The molecule has 9 heteroatoms. The number of alkyl halides is 2. The molecule has 0 amide bonds. The molecule has 0 saturated heterocycles. The zero-order chi connectivity index (χ0) is 14.9. The molecule has 0 aromatic carbocycles. The average Bonchev–Trinajstić information content (AvgIpc) is 2.85. The Morgan fingerprint density at radius 3 is 2.90 bits per heavy atom. The molecule has 0 spiro atoms. The molecule has 3 rings (SSSR count). The number of aromatic amines is 1. The van der Waals surface area contributed by atoms with Crippen molar-refractivity contribution in [3.05, 3.63) is 24.0 Å². The zero-order valence-electron chi connectivity index (χ0n) is 11.1. The number of hydrogen-bond acceptors (Lipinski definition) is 6. The third-order valence-corrected chi connectivity index (χ3v) is 3.30. The van der Waals surface area contributed by atoms with Crippen LogP contribution in [0.25, 0.3) is 0 Å². The first-order chi connectivity index (χ1) is 10.1. The Hall–Kier alpha value is -2.29. The second-order valence-corrected chi connectivity index (χ2v) is 4.94. The lowest BCUT2D eigenvalue weighted by molar-refractivity contribution is -0.0876. The van der Waals surface area contributed by atoms with Crippen molar-refractivity contribution in [3.8, 4) is 0 Å². The quantitative estimate of drug-likeness (QED) is 0.627. The lowest BCUT2D eigenvalue weighted by Crippen LogP contribution is -2.33. The molecule has 1 aliphatic rings. The minimum absolute atomic E-state index is 0.132. The number of anilines is 3. The second-order valence-electron chi connectivity index (χ2n) is 4.94. The molecule has 1 aliphatic carbocycles. The molecule has 5 N–H and O–H groups in total. The summed E-state index contributed by atoms with van der Waals surface area (Å²) in [7, 11) is 0. The Morgan fingerprint density at radius 2 is 2.19 bits per heavy atom. The maximum Gasteiger partial charge on any atom is 0.249 e. The third-order valence-electron chi connectivity index (χ3n) is 3.30. The first-order valence-corrected chi connectivity index (χ1v) is 6.53. The second kappa shape index (κ2) is 5.24. The van der Waals surface area contributed by atoms with Crippen molar-refractivity contribution in [1.29, 1.82) is 0 Å². The van der Waals surface area contributed by atoms with Gasteiger partial charge in [-0.05, 0) is 6.07 Å². The number of nitrogens with two attached hydrogens (primary N) is 1. The predicted molar refractivity (Wildman–Crippen MR) is 73.5 cm³/mol. The van der Waals surface area contributed by atoms with Crippen molar-refractivity contribution in [2.45, 2.75) is 24.7 Å². The minimum Gasteiger partial charge on any atom is -0.342 e. The molecule has 7 nitrogen and oxygen atoms in total. The third kappa shape index (κ3) is 3.07. The number of nitrogens with zero attached hydrogens (tertiary/aromatic N) is 3. The van der Waals surface area contributed by atoms with E-state index in [2.05, 4.69) is 30.8 Å². The SMILES string of the molecule is NCNc1nccc(Nc2cc(C3CC(F)(F)C3)[nH]n2)n1. The molecule has 21 heavy (non-hydrogen) atoms. The highest BCUT2D eigenvalue weighted by Crippen LogP contribution is 2.47. The van der Waals surface area contributed by atoms with Gasteiger partial charge in [-0.15, -0.1) is 0 Å². The largest absolute Gasteiger partial charge is 0.342 e. The van der Waals surface area contributed by atoms with Crippen molar-refractivity contribution in [2.24, 2.45) is 5.73 Å². The molecule has 112 valence electrons. The molecule has 2 aromatic rings. The standard InChI is InChI=1S/C12H15F2N7/c13-12(14)4-7(5-12)8-3-10(21-20-8)18-9-1-2-16-11(19-9)17-6-15/h1-3,7H,4-6,15H2,(H3,16,17,18,19,20,21). The van der Waals surface area contributed by atoms with E-state index < -0.39 is 5.92 Å². The van der Waals surface area contributed by atoms with E-state index in [-0.39, 0.29) is 25.4 Å². The smallest absolute Gasteiger partial charge is 0.249 e. The predicted octanol–water partition coefficient (Wildman–Crippen LogP) is 1.78. The summed E-state index contributed by atoms with van der Waals surface area (Å²) in [4.78, 5) is 8.17.